The average Bonchev–Trinajstić information content (AvgIpc) is 2.46. The molecule has 7 heteroatoms. The van der Waals surface area contributed by atoms with Crippen molar-refractivity contribution in [3.63, 3.8) is 0 Å². The highest BCUT2D eigenvalue weighted by molar-refractivity contribution is 5.98. The second-order valence-corrected chi connectivity index (χ2v) is 4.11. The largest absolute Gasteiger partial charge is 0.457 e. The Morgan fingerprint density at radius 3 is 2.29 bits per heavy atom. The summed E-state index contributed by atoms with van der Waals surface area (Å²) >= 11 is 0. The Morgan fingerprint density at radius 2 is 1.71 bits per heavy atom. The third kappa shape index (κ3) is 3.44. The highest BCUT2D eigenvalue weighted by atomic mass is 19.4. The lowest BCUT2D eigenvalue weighted by Gasteiger charge is -2.14. The first-order chi connectivity index (χ1) is 9.91. The zero-order chi connectivity index (χ0) is 15.5. The van der Waals surface area contributed by atoms with Crippen LogP contribution in [-0.4, -0.2) is 11.0 Å². The molecule has 2 rings (SSSR count). The Hall–Kier alpha value is -2.70. The second kappa shape index (κ2) is 5.74. The van der Waals surface area contributed by atoms with E-state index in [-0.39, 0.29) is 5.75 Å². The molecule has 0 aliphatic heterocycles. The first kappa shape index (κ1) is 14.7. The molecule has 2 aromatic carbocycles. The van der Waals surface area contributed by atoms with Gasteiger partial charge in [-0.3, -0.25) is 0 Å². The van der Waals surface area contributed by atoms with Crippen molar-refractivity contribution in [3.05, 3.63) is 59.7 Å². The highest BCUT2D eigenvalue weighted by Gasteiger charge is 2.35. The fourth-order valence-electron chi connectivity index (χ4n) is 1.72. The van der Waals surface area contributed by atoms with Gasteiger partial charge >= 0.3 is 6.18 Å². The van der Waals surface area contributed by atoms with Gasteiger partial charge in [0.1, 0.15) is 11.5 Å². The molecule has 0 aromatic heterocycles. The van der Waals surface area contributed by atoms with Gasteiger partial charge in [0.05, 0.1) is 5.56 Å². The number of oxime groups is 1. The van der Waals surface area contributed by atoms with Gasteiger partial charge < -0.3 is 15.7 Å². The predicted octanol–water partition coefficient (Wildman–Crippen LogP) is 3.59. The summed E-state index contributed by atoms with van der Waals surface area (Å²) in [7, 11) is 0. The smallest absolute Gasteiger partial charge is 0.417 e. The molecule has 2 aromatic rings. The number of nitrogens with two attached hydrogens (primary N) is 1. The van der Waals surface area contributed by atoms with E-state index >= 15 is 0 Å². The maximum atomic E-state index is 13.0. The molecule has 3 N–H and O–H groups in total. The third-order valence-corrected chi connectivity index (χ3v) is 2.66. The number of ether oxygens (including phenoxy) is 1. The van der Waals surface area contributed by atoms with Crippen LogP contribution in [-0.2, 0) is 6.18 Å². The van der Waals surface area contributed by atoms with Crippen molar-refractivity contribution in [2.75, 3.05) is 0 Å². The number of hydrogen-bond donors (Lipinski definition) is 2. The number of benzene rings is 2. The maximum absolute atomic E-state index is 13.0. The molecule has 0 saturated carbocycles. The quantitative estimate of drug-likeness (QED) is 0.393. The highest BCUT2D eigenvalue weighted by Crippen LogP contribution is 2.35. The molecule has 0 radical (unpaired) electrons. The van der Waals surface area contributed by atoms with E-state index in [9.17, 15) is 13.2 Å². The first-order valence-electron chi connectivity index (χ1n) is 5.84. The number of rotatable bonds is 3. The lowest BCUT2D eigenvalue weighted by molar-refractivity contribution is -0.137. The summed E-state index contributed by atoms with van der Waals surface area (Å²) in [6.07, 6.45) is -4.65. The lowest BCUT2D eigenvalue weighted by Crippen LogP contribution is -2.20. The van der Waals surface area contributed by atoms with E-state index in [2.05, 4.69) is 5.16 Å². The summed E-state index contributed by atoms with van der Waals surface area (Å²) in [6, 6.07) is 11.6. The minimum absolute atomic E-state index is 0.00279. The van der Waals surface area contributed by atoms with E-state index in [1.807, 2.05) is 0 Å². The van der Waals surface area contributed by atoms with Crippen LogP contribution < -0.4 is 10.5 Å². The molecule has 0 saturated heterocycles. The van der Waals surface area contributed by atoms with E-state index in [4.69, 9.17) is 15.7 Å². The van der Waals surface area contributed by atoms with E-state index in [0.717, 1.165) is 12.1 Å². The molecule has 110 valence electrons. The van der Waals surface area contributed by atoms with Crippen molar-refractivity contribution < 1.29 is 23.1 Å². The number of nitrogens with zero attached hydrogens (tertiary/aromatic N) is 1. The van der Waals surface area contributed by atoms with Gasteiger partial charge in [0, 0.05) is 5.56 Å². The summed E-state index contributed by atoms with van der Waals surface area (Å²) in [4.78, 5) is 0. The van der Waals surface area contributed by atoms with Gasteiger partial charge in [-0.15, -0.1) is 0 Å². The minimum atomic E-state index is -4.65. The van der Waals surface area contributed by atoms with Gasteiger partial charge in [0.25, 0.3) is 0 Å². The summed E-state index contributed by atoms with van der Waals surface area (Å²) in [6.45, 7) is 0. The fourth-order valence-corrected chi connectivity index (χ4v) is 1.72. The zero-order valence-electron chi connectivity index (χ0n) is 10.6. The summed E-state index contributed by atoms with van der Waals surface area (Å²) < 4.78 is 44.4. The molecule has 0 aliphatic carbocycles. The Bertz CT molecular complexity index is 655. The minimum Gasteiger partial charge on any atom is -0.457 e. The molecular weight excluding hydrogens is 285 g/mol. The molecular formula is C14H11F3N2O2. The van der Waals surface area contributed by atoms with Gasteiger partial charge in [0.15, 0.2) is 5.84 Å². The van der Waals surface area contributed by atoms with Gasteiger partial charge in [-0.2, -0.15) is 13.2 Å². The molecule has 0 atom stereocenters. The standard InChI is InChI=1S/C14H11F3N2O2/c15-14(16,17)12-8-10(6-7-11(12)13(18)19-20)21-9-4-2-1-3-5-9/h1-8,20H,(H2,18,19). The molecule has 0 spiro atoms. The maximum Gasteiger partial charge on any atom is 0.417 e. The van der Waals surface area contributed by atoms with Crippen molar-refractivity contribution in [3.8, 4) is 11.5 Å². The first-order valence-corrected chi connectivity index (χ1v) is 5.84. The van der Waals surface area contributed by atoms with Gasteiger partial charge in [0.2, 0.25) is 0 Å². The molecule has 0 aliphatic rings. The number of para-hydroxylation sites is 1. The summed E-state index contributed by atoms with van der Waals surface area (Å²) in [5.74, 6) is -0.209. The third-order valence-electron chi connectivity index (χ3n) is 2.66. The Morgan fingerprint density at radius 1 is 1.05 bits per heavy atom. The van der Waals surface area contributed by atoms with E-state index in [0.29, 0.717) is 5.75 Å². The van der Waals surface area contributed by atoms with E-state index in [1.54, 1.807) is 30.3 Å². The monoisotopic (exact) mass is 296 g/mol. The van der Waals surface area contributed by atoms with Gasteiger partial charge in [-0.1, -0.05) is 23.4 Å². The number of alkyl halides is 3. The zero-order valence-corrected chi connectivity index (χ0v) is 10.6. The Balaban J connectivity index is 2.43. The van der Waals surface area contributed by atoms with Crippen LogP contribution in [0.4, 0.5) is 13.2 Å². The Labute approximate surface area is 118 Å². The van der Waals surface area contributed by atoms with Crippen LogP contribution in [0.15, 0.2) is 53.7 Å². The van der Waals surface area contributed by atoms with Crippen LogP contribution in [0.5, 0.6) is 11.5 Å². The van der Waals surface area contributed by atoms with Crippen molar-refractivity contribution in [1.29, 1.82) is 0 Å². The van der Waals surface area contributed by atoms with Crippen LogP contribution in [0, 0.1) is 0 Å². The summed E-state index contributed by atoms with van der Waals surface area (Å²) in [5, 5.41) is 11.1. The van der Waals surface area contributed by atoms with Gasteiger partial charge in [-0.25, -0.2) is 0 Å². The van der Waals surface area contributed by atoms with Crippen molar-refractivity contribution >= 4 is 5.84 Å². The average molecular weight is 296 g/mol. The number of halogens is 3. The topological polar surface area (TPSA) is 67.8 Å². The van der Waals surface area contributed by atoms with Crippen molar-refractivity contribution in [2.45, 2.75) is 6.18 Å². The molecule has 0 unspecified atom stereocenters. The predicted molar refractivity (Wildman–Crippen MR) is 70.5 cm³/mol. The fraction of sp³-hybridized carbons (Fsp3) is 0.0714. The van der Waals surface area contributed by atoms with Crippen molar-refractivity contribution in [2.24, 2.45) is 10.9 Å². The van der Waals surface area contributed by atoms with Crippen LogP contribution >= 0.6 is 0 Å². The van der Waals surface area contributed by atoms with Crippen LogP contribution in [0.25, 0.3) is 0 Å². The van der Waals surface area contributed by atoms with Crippen LogP contribution in [0.2, 0.25) is 0 Å². The van der Waals surface area contributed by atoms with E-state index in [1.165, 1.54) is 6.07 Å². The molecule has 4 nitrogen and oxygen atoms in total. The van der Waals surface area contributed by atoms with Gasteiger partial charge in [-0.05, 0) is 30.3 Å². The molecule has 0 amide bonds. The van der Waals surface area contributed by atoms with Crippen LogP contribution in [0.3, 0.4) is 0 Å². The molecule has 0 heterocycles. The normalized spacial score (nSPS) is 12.2. The second-order valence-electron chi connectivity index (χ2n) is 4.11. The Kier molecular flexibility index (Phi) is 4.02. The number of hydrogen-bond acceptors (Lipinski definition) is 3. The summed E-state index contributed by atoms with van der Waals surface area (Å²) in [5.41, 5.74) is 3.81. The number of amidine groups is 1. The SMILES string of the molecule is N/C(=N\O)c1ccc(Oc2ccccc2)cc1C(F)(F)F. The van der Waals surface area contributed by atoms with E-state index < -0.39 is 23.1 Å². The molecule has 0 fully saturated rings. The van der Waals surface area contributed by atoms with Crippen molar-refractivity contribution in [1.82, 2.24) is 0 Å². The molecule has 0 bridgehead atoms. The lowest BCUT2D eigenvalue weighted by atomic mass is 10.1. The van der Waals surface area contributed by atoms with Crippen LogP contribution in [0.1, 0.15) is 11.1 Å². The molecule has 21 heavy (non-hydrogen) atoms.